The molecule has 1 saturated carbocycles. The summed E-state index contributed by atoms with van der Waals surface area (Å²) < 4.78 is 29.0. The molecule has 0 aromatic heterocycles. The molecule has 8 heteroatoms. The minimum absolute atomic E-state index is 0.0199. The third-order valence-electron chi connectivity index (χ3n) is 8.01. The predicted molar refractivity (Wildman–Crippen MR) is 148 cm³/mol. The van der Waals surface area contributed by atoms with Crippen molar-refractivity contribution in [3.05, 3.63) is 54.1 Å². The molecule has 1 saturated heterocycles. The first-order chi connectivity index (χ1) is 17.9. The first kappa shape index (κ1) is 28.3. The van der Waals surface area contributed by atoms with Crippen LogP contribution in [0.5, 0.6) is 0 Å². The summed E-state index contributed by atoms with van der Waals surface area (Å²) in [5.41, 5.74) is 2.85. The molecule has 1 heterocycles. The van der Waals surface area contributed by atoms with Crippen LogP contribution in [0.3, 0.4) is 0 Å². The van der Waals surface area contributed by atoms with Crippen molar-refractivity contribution in [2.45, 2.75) is 89.1 Å². The van der Waals surface area contributed by atoms with E-state index in [9.17, 15) is 18.0 Å². The number of likely N-dealkylation sites (tertiary alicyclic amines) is 1. The lowest BCUT2D eigenvalue weighted by atomic mass is 9.82. The predicted octanol–water partition coefficient (Wildman–Crippen LogP) is 5.25. The van der Waals surface area contributed by atoms with E-state index in [2.05, 4.69) is 30.4 Å². The fourth-order valence-electron chi connectivity index (χ4n) is 5.85. The van der Waals surface area contributed by atoms with E-state index in [1.54, 1.807) is 24.3 Å². The molecule has 2 aromatic carbocycles. The largest absolute Gasteiger partial charge is 0.481 e. The summed E-state index contributed by atoms with van der Waals surface area (Å²) in [4.78, 5) is 26.3. The molecular weight excluding hydrogens is 500 g/mol. The van der Waals surface area contributed by atoms with Crippen molar-refractivity contribution in [2.75, 3.05) is 6.54 Å². The maximum atomic E-state index is 13.3. The van der Waals surface area contributed by atoms with E-state index >= 15 is 0 Å². The number of carbonyl (C=O) groups is 2. The summed E-state index contributed by atoms with van der Waals surface area (Å²) in [6.45, 7) is 7.42. The first-order valence-corrected chi connectivity index (χ1v) is 15.2. The molecule has 206 valence electrons. The number of nitrogens with zero attached hydrogens (tertiary/aromatic N) is 1. The highest BCUT2D eigenvalue weighted by Gasteiger charge is 2.40. The number of hydrogen-bond acceptors (Lipinski definition) is 4. The summed E-state index contributed by atoms with van der Waals surface area (Å²) in [6.07, 6.45) is 5.42. The van der Waals surface area contributed by atoms with E-state index in [0.717, 1.165) is 36.1 Å². The molecular formula is C30H40N2O5S. The monoisotopic (exact) mass is 540 g/mol. The van der Waals surface area contributed by atoms with Crippen LogP contribution in [-0.4, -0.2) is 48.9 Å². The van der Waals surface area contributed by atoms with Crippen molar-refractivity contribution in [1.29, 1.82) is 0 Å². The van der Waals surface area contributed by atoms with Gasteiger partial charge in [-0.2, -0.15) is 0 Å². The summed E-state index contributed by atoms with van der Waals surface area (Å²) in [6, 6.07) is 14.6. The molecule has 1 unspecified atom stereocenters. The van der Waals surface area contributed by atoms with Gasteiger partial charge in [-0.05, 0) is 79.2 Å². The van der Waals surface area contributed by atoms with Gasteiger partial charge in [0.15, 0.2) is 0 Å². The normalized spacial score (nSPS) is 22.4. The lowest BCUT2D eigenvalue weighted by Gasteiger charge is -2.38. The molecule has 2 aromatic rings. The highest BCUT2D eigenvalue weighted by atomic mass is 32.2. The number of aryl methyl sites for hydroxylation is 1. The molecule has 0 radical (unpaired) electrons. The van der Waals surface area contributed by atoms with Crippen LogP contribution in [0.2, 0.25) is 0 Å². The number of nitrogens with one attached hydrogen (secondary N) is 1. The minimum atomic E-state index is -3.66. The first-order valence-electron chi connectivity index (χ1n) is 13.7. The quantitative estimate of drug-likeness (QED) is 0.476. The number of rotatable bonds is 8. The number of hydrogen-bond donors (Lipinski definition) is 2. The van der Waals surface area contributed by atoms with Gasteiger partial charge in [0.2, 0.25) is 15.9 Å². The number of carbonyl (C=O) groups excluding carboxylic acids is 1. The van der Waals surface area contributed by atoms with Crippen LogP contribution in [0, 0.1) is 11.3 Å². The number of aliphatic carboxylic acids is 1. The van der Waals surface area contributed by atoms with Crippen LogP contribution < -0.4 is 4.72 Å². The molecule has 1 aliphatic heterocycles. The molecule has 1 amide bonds. The topological polar surface area (TPSA) is 104 Å². The molecule has 7 nitrogen and oxygen atoms in total. The summed E-state index contributed by atoms with van der Waals surface area (Å²) >= 11 is 0. The summed E-state index contributed by atoms with van der Waals surface area (Å²) in [5.74, 6) is -0.597. The molecule has 1 atom stereocenters. The van der Waals surface area contributed by atoms with Crippen LogP contribution in [0.25, 0.3) is 11.1 Å². The van der Waals surface area contributed by atoms with E-state index in [0.29, 0.717) is 32.1 Å². The zero-order chi connectivity index (χ0) is 27.5. The van der Waals surface area contributed by atoms with Gasteiger partial charge in [-0.3, -0.25) is 9.59 Å². The van der Waals surface area contributed by atoms with E-state index in [1.165, 1.54) is 0 Å². The Bertz CT molecular complexity index is 1220. The third-order valence-corrected chi connectivity index (χ3v) is 9.55. The zero-order valence-electron chi connectivity index (χ0n) is 22.7. The standard InChI is InChI=1S/C30H40N2O5S/c1-30(2,3)27-5-4-20-32(27)29(35)24-11-15-25(16-12-24)31-38(36,37)26-17-13-23(14-18-26)22-9-6-21(7-10-22)8-19-28(33)34/h6-7,9-10,13-14,17-18,24-25,27,31H,4-5,8,11-12,15-16,19-20H2,1-3H3,(H,33,34). The highest BCUT2D eigenvalue weighted by Crippen LogP contribution is 2.36. The number of carboxylic acids is 1. The average Bonchev–Trinajstić information content (AvgIpc) is 3.39. The minimum Gasteiger partial charge on any atom is -0.481 e. The summed E-state index contributed by atoms with van der Waals surface area (Å²) in [7, 11) is -3.66. The van der Waals surface area contributed by atoms with Crippen LogP contribution >= 0.6 is 0 Å². The van der Waals surface area contributed by atoms with Crippen molar-refractivity contribution in [2.24, 2.45) is 11.3 Å². The maximum absolute atomic E-state index is 13.3. The van der Waals surface area contributed by atoms with Crippen molar-refractivity contribution in [1.82, 2.24) is 9.62 Å². The second-order valence-corrected chi connectivity index (χ2v) is 13.6. The van der Waals surface area contributed by atoms with Crippen LogP contribution in [0.4, 0.5) is 0 Å². The molecule has 2 aliphatic rings. The van der Waals surface area contributed by atoms with Crippen LogP contribution in [0.1, 0.15) is 71.3 Å². The van der Waals surface area contributed by atoms with E-state index in [-0.39, 0.29) is 40.6 Å². The van der Waals surface area contributed by atoms with Gasteiger partial charge in [0.05, 0.1) is 4.90 Å². The molecule has 2 fully saturated rings. The van der Waals surface area contributed by atoms with Crippen molar-refractivity contribution in [3.63, 3.8) is 0 Å². The van der Waals surface area contributed by atoms with Gasteiger partial charge in [0.25, 0.3) is 0 Å². The number of carboxylic acid groups (broad SMARTS) is 1. The second-order valence-electron chi connectivity index (χ2n) is 11.8. The van der Waals surface area contributed by atoms with Crippen LogP contribution in [-0.2, 0) is 26.0 Å². The fraction of sp³-hybridized carbons (Fsp3) is 0.533. The number of benzene rings is 2. The molecule has 1 aliphatic carbocycles. The Hall–Kier alpha value is -2.71. The number of amides is 1. The Morgan fingerprint density at radius 3 is 2.05 bits per heavy atom. The SMILES string of the molecule is CC(C)(C)C1CCCN1C(=O)C1CCC(NS(=O)(=O)c2ccc(-c3ccc(CCC(=O)O)cc3)cc2)CC1. The molecule has 0 spiro atoms. The molecule has 38 heavy (non-hydrogen) atoms. The van der Waals surface area contributed by atoms with E-state index < -0.39 is 16.0 Å². The lowest BCUT2D eigenvalue weighted by Crippen LogP contribution is -2.47. The van der Waals surface area contributed by atoms with Gasteiger partial charge >= 0.3 is 5.97 Å². The Kier molecular flexibility index (Phi) is 8.62. The van der Waals surface area contributed by atoms with Gasteiger partial charge < -0.3 is 10.0 Å². The van der Waals surface area contributed by atoms with Crippen molar-refractivity contribution < 1.29 is 23.1 Å². The van der Waals surface area contributed by atoms with Crippen molar-refractivity contribution in [3.8, 4) is 11.1 Å². The molecule has 4 rings (SSSR count). The van der Waals surface area contributed by atoms with Gasteiger partial charge in [-0.15, -0.1) is 0 Å². The Morgan fingerprint density at radius 2 is 1.50 bits per heavy atom. The van der Waals surface area contributed by atoms with Crippen LogP contribution in [0.15, 0.2) is 53.4 Å². The average molecular weight is 541 g/mol. The maximum Gasteiger partial charge on any atom is 0.303 e. The third kappa shape index (κ3) is 6.83. The lowest BCUT2D eigenvalue weighted by molar-refractivity contribution is -0.139. The smallest absolute Gasteiger partial charge is 0.303 e. The zero-order valence-corrected chi connectivity index (χ0v) is 23.5. The number of sulfonamides is 1. The molecule has 0 bridgehead atoms. The summed E-state index contributed by atoms with van der Waals surface area (Å²) in [5, 5.41) is 8.84. The Labute approximate surface area is 226 Å². The highest BCUT2D eigenvalue weighted by molar-refractivity contribution is 7.89. The van der Waals surface area contributed by atoms with E-state index in [4.69, 9.17) is 5.11 Å². The Balaban J connectivity index is 1.32. The van der Waals surface area contributed by atoms with Gasteiger partial charge in [0.1, 0.15) is 0 Å². The fourth-order valence-corrected chi connectivity index (χ4v) is 7.16. The van der Waals surface area contributed by atoms with Crippen molar-refractivity contribution >= 4 is 21.9 Å². The van der Waals surface area contributed by atoms with Gasteiger partial charge in [-0.1, -0.05) is 57.2 Å². The second kappa shape index (κ2) is 11.6. The molecule has 2 N–H and O–H groups in total. The van der Waals surface area contributed by atoms with Gasteiger partial charge in [0, 0.05) is 31.0 Å². The van der Waals surface area contributed by atoms with E-state index in [1.807, 2.05) is 24.3 Å². The van der Waals surface area contributed by atoms with Gasteiger partial charge in [-0.25, -0.2) is 13.1 Å². The Morgan fingerprint density at radius 1 is 0.921 bits per heavy atom.